The maximum Gasteiger partial charge on any atom is 0.150 e. The molecule has 0 saturated heterocycles. The molecule has 2 rings (SSSR count). The van der Waals surface area contributed by atoms with Crippen LogP contribution in [0.4, 0.5) is 15.8 Å². The summed E-state index contributed by atoms with van der Waals surface area (Å²) in [5, 5.41) is 3.74. The number of halogens is 1. The second kappa shape index (κ2) is 6.34. The molecule has 0 radical (unpaired) electrons. The standard InChI is InChI=1S/C15H18FN3O/c1-10(2)9-20-7-6-19-15-12(16)8-13(17)11-4-3-5-18-14(11)15/h3-5,8,19H,1,6-7,9,17H2,2H3. The van der Waals surface area contributed by atoms with Crippen LogP contribution in [0.3, 0.4) is 0 Å². The number of nitrogens with two attached hydrogens (primary N) is 1. The van der Waals surface area contributed by atoms with E-state index in [4.69, 9.17) is 10.5 Å². The lowest BCUT2D eigenvalue weighted by molar-refractivity contribution is 0.167. The molecule has 0 aliphatic heterocycles. The summed E-state index contributed by atoms with van der Waals surface area (Å²) in [6.45, 7) is 7.09. The first-order valence-electron chi connectivity index (χ1n) is 6.38. The number of aromatic nitrogens is 1. The predicted octanol–water partition coefficient (Wildman–Crippen LogP) is 2.96. The van der Waals surface area contributed by atoms with Crippen LogP contribution >= 0.6 is 0 Å². The van der Waals surface area contributed by atoms with Crippen molar-refractivity contribution in [2.75, 3.05) is 30.8 Å². The Morgan fingerprint density at radius 1 is 1.55 bits per heavy atom. The van der Waals surface area contributed by atoms with E-state index in [-0.39, 0.29) is 0 Å². The van der Waals surface area contributed by atoms with Crippen molar-refractivity contribution in [1.29, 1.82) is 0 Å². The second-order valence-corrected chi connectivity index (χ2v) is 4.66. The Hall–Kier alpha value is -2.14. The van der Waals surface area contributed by atoms with E-state index in [1.54, 1.807) is 12.3 Å². The molecule has 0 spiro atoms. The van der Waals surface area contributed by atoms with E-state index < -0.39 is 5.82 Å². The fraction of sp³-hybridized carbons (Fsp3) is 0.267. The molecule has 20 heavy (non-hydrogen) atoms. The van der Waals surface area contributed by atoms with Gasteiger partial charge in [-0.15, -0.1) is 0 Å². The highest BCUT2D eigenvalue weighted by Gasteiger charge is 2.11. The number of ether oxygens (including phenoxy) is 1. The molecule has 0 unspecified atom stereocenters. The summed E-state index contributed by atoms with van der Waals surface area (Å²) in [7, 11) is 0. The topological polar surface area (TPSA) is 60.2 Å². The largest absolute Gasteiger partial charge is 0.398 e. The molecule has 0 atom stereocenters. The van der Waals surface area contributed by atoms with Crippen molar-refractivity contribution in [2.24, 2.45) is 0 Å². The summed E-state index contributed by atoms with van der Waals surface area (Å²) in [4.78, 5) is 4.19. The van der Waals surface area contributed by atoms with Crippen LogP contribution in [-0.4, -0.2) is 24.7 Å². The molecule has 1 heterocycles. The van der Waals surface area contributed by atoms with Gasteiger partial charge in [-0.3, -0.25) is 4.98 Å². The summed E-state index contributed by atoms with van der Waals surface area (Å²) in [5.74, 6) is -0.409. The number of anilines is 2. The molecule has 0 fully saturated rings. The van der Waals surface area contributed by atoms with E-state index in [9.17, 15) is 4.39 Å². The Labute approximate surface area is 117 Å². The number of benzene rings is 1. The summed E-state index contributed by atoms with van der Waals surface area (Å²) < 4.78 is 19.3. The van der Waals surface area contributed by atoms with Gasteiger partial charge in [-0.05, 0) is 25.1 Å². The summed E-state index contributed by atoms with van der Waals surface area (Å²) in [6, 6.07) is 4.90. The van der Waals surface area contributed by atoms with Gasteiger partial charge in [0, 0.05) is 23.8 Å². The van der Waals surface area contributed by atoms with Crippen molar-refractivity contribution < 1.29 is 9.13 Å². The maximum atomic E-state index is 14.0. The molecule has 4 nitrogen and oxygen atoms in total. The van der Waals surface area contributed by atoms with Gasteiger partial charge in [0.15, 0.2) is 5.82 Å². The molecular weight excluding hydrogens is 257 g/mol. The molecular formula is C15H18FN3O. The minimum Gasteiger partial charge on any atom is -0.398 e. The highest BCUT2D eigenvalue weighted by molar-refractivity contribution is 5.98. The minimum atomic E-state index is -0.409. The fourth-order valence-electron chi connectivity index (χ4n) is 1.90. The van der Waals surface area contributed by atoms with Crippen LogP contribution in [0, 0.1) is 5.82 Å². The number of hydrogen-bond donors (Lipinski definition) is 2. The van der Waals surface area contributed by atoms with Crippen molar-refractivity contribution in [1.82, 2.24) is 4.98 Å². The third-order valence-corrected chi connectivity index (χ3v) is 2.77. The van der Waals surface area contributed by atoms with Crippen molar-refractivity contribution in [3.63, 3.8) is 0 Å². The number of hydrogen-bond acceptors (Lipinski definition) is 4. The molecule has 0 saturated carbocycles. The number of fused-ring (bicyclic) bond motifs is 1. The Morgan fingerprint density at radius 2 is 2.35 bits per heavy atom. The SMILES string of the molecule is C=C(C)COCCNc1c(F)cc(N)c2cccnc12. The van der Waals surface area contributed by atoms with Crippen molar-refractivity contribution >= 4 is 22.3 Å². The van der Waals surface area contributed by atoms with Gasteiger partial charge >= 0.3 is 0 Å². The molecule has 2 aromatic rings. The Bertz CT molecular complexity index is 628. The van der Waals surface area contributed by atoms with Crippen LogP contribution in [0.1, 0.15) is 6.92 Å². The monoisotopic (exact) mass is 275 g/mol. The Kier molecular flexibility index (Phi) is 4.53. The average Bonchev–Trinajstić information content (AvgIpc) is 2.41. The van der Waals surface area contributed by atoms with Gasteiger partial charge in [0.2, 0.25) is 0 Å². The summed E-state index contributed by atoms with van der Waals surface area (Å²) in [6.07, 6.45) is 1.62. The van der Waals surface area contributed by atoms with Crippen molar-refractivity contribution in [2.45, 2.75) is 6.92 Å². The quantitative estimate of drug-likeness (QED) is 0.483. The van der Waals surface area contributed by atoms with Crippen molar-refractivity contribution in [3.05, 3.63) is 42.4 Å². The van der Waals surface area contributed by atoms with Gasteiger partial charge in [0.1, 0.15) is 0 Å². The molecule has 1 aromatic heterocycles. The third kappa shape index (κ3) is 3.24. The van der Waals surface area contributed by atoms with E-state index >= 15 is 0 Å². The molecule has 0 aliphatic carbocycles. The first-order valence-corrected chi connectivity index (χ1v) is 6.38. The second-order valence-electron chi connectivity index (χ2n) is 4.66. The van der Waals surface area contributed by atoms with Gasteiger partial charge in [-0.2, -0.15) is 0 Å². The van der Waals surface area contributed by atoms with Crippen LogP contribution in [0.5, 0.6) is 0 Å². The van der Waals surface area contributed by atoms with Crippen LogP contribution < -0.4 is 11.1 Å². The molecule has 0 bridgehead atoms. The Morgan fingerprint density at radius 3 is 3.10 bits per heavy atom. The summed E-state index contributed by atoms with van der Waals surface area (Å²) in [5.41, 5.74) is 8.02. The highest BCUT2D eigenvalue weighted by atomic mass is 19.1. The van der Waals surface area contributed by atoms with Gasteiger partial charge in [0.25, 0.3) is 0 Å². The molecule has 0 aliphatic rings. The lowest BCUT2D eigenvalue weighted by Gasteiger charge is -2.12. The molecule has 5 heteroatoms. The zero-order valence-corrected chi connectivity index (χ0v) is 11.4. The molecule has 3 N–H and O–H groups in total. The van der Waals surface area contributed by atoms with E-state index in [0.29, 0.717) is 36.6 Å². The van der Waals surface area contributed by atoms with E-state index in [1.165, 1.54) is 6.07 Å². The number of nitrogens with zero attached hydrogens (tertiary/aromatic N) is 1. The zero-order valence-electron chi connectivity index (χ0n) is 11.4. The average molecular weight is 275 g/mol. The van der Waals surface area contributed by atoms with Crippen molar-refractivity contribution in [3.8, 4) is 0 Å². The lowest BCUT2D eigenvalue weighted by atomic mass is 10.1. The number of pyridine rings is 1. The fourth-order valence-corrected chi connectivity index (χ4v) is 1.90. The number of nitrogens with one attached hydrogen (secondary N) is 1. The van der Waals surface area contributed by atoms with Crippen LogP contribution in [0.25, 0.3) is 10.9 Å². The van der Waals surface area contributed by atoms with Gasteiger partial charge < -0.3 is 15.8 Å². The van der Waals surface area contributed by atoms with Crippen LogP contribution in [-0.2, 0) is 4.74 Å². The van der Waals surface area contributed by atoms with Gasteiger partial charge in [-0.1, -0.05) is 12.2 Å². The molecule has 106 valence electrons. The lowest BCUT2D eigenvalue weighted by Crippen LogP contribution is -2.12. The normalized spacial score (nSPS) is 10.7. The number of nitrogen functional groups attached to an aromatic ring is 1. The maximum absolute atomic E-state index is 14.0. The first-order chi connectivity index (χ1) is 9.59. The van der Waals surface area contributed by atoms with Crippen LogP contribution in [0.2, 0.25) is 0 Å². The van der Waals surface area contributed by atoms with E-state index in [2.05, 4.69) is 16.9 Å². The predicted molar refractivity (Wildman–Crippen MR) is 80.2 cm³/mol. The van der Waals surface area contributed by atoms with E-state index in [0.717, 1.165) is 11.0 Å². The highest BCUT2D eigenvalue weighted by Crippen LogP contribution is 2.29. The molecule has 0 amide bonds. The van der Waals surface area contributed by atoms with Crippen LogP contribution in [0.15, 0.2) is 36.5 Å². The number of rotatable bonds is 6. The summed E-state index contributed by atoms with van der Waals surface area (Å²) >= 11 is 0. The first kappa shape index (κ1) is 14.3. The minimum absolute atomic E-state index is 0.355. The third-order valence-electron chi connectivity index (χ3n) is 2.77. The smallest absolute Gasteiger partial charge is 0.150 e. The zero-order chi connectivity index (χ0) is 14.5. The van der Waals surface area contributed by atoms with E-state index in [1.807, 2.05) is 13.0 Å². The molecule has 1 aromatic carbocycles. The van der Waals surface area contributed by atoms with Gasteiger partial charge in [-0.25, -0.2) is 4.39 Å². The van der Waals surface area contributed by atoms with Gasteiger partial charge in [0.05, 0.1) is 24.4 Å². The Balaban J connectivity index is 2.11.